The molecule has 0 aliphatic rings. The van der Waals surface area contributed by atoms with Gasteiger partial charge in [-0.1, -0.05) is 0 Å². The minimum Gasteiger partial charge on any atom is -0.493 e. The topological polar surface area (TPSA) is 83.2 Å². The highest BCUT2D eigenvalue weighted by Gasteiger charge is 2.22. The Balaban J connectivity index is 3.51. The van der Waals surface area contributed by atoms with Crippen molar-refractivity contribution in [2.75, 3.05) is 7.11 Å². The molecule has 0 atom stereocenters. The van der Waals surface area contributed by atoms with Crippen molar-refractivity contribution >= 4 is 5.97 Å². The average Bonchev–Trinajstić information content (AvgIpc) is 2.26. The lowest BCUT2D eigenvalue weighted by Crippen LogP contribution is -2.08. The third-order valence-electron chi connectivity index (χ3n) is 1.74. The van der Waals surface area contributed by atoms with Crippen molar-refractivity contribution < 1.29 is 23.4 Å². The van der Waals surface area contributed by atoms with E-state index >= 15 is 0 Å². The first kappa shape index (κ1) is 11.8. The van der Waals surface area contributed by atoms with Crippen LogP contribution in [0.5, 0.6) is 5.75 Å². The van der Waals surface area contributed by atoms with Crippen LogP contribution in [0.2, 0.25) is 0 Å². The van der Waals surface area contributed by atoms with E-state index in [-0.39, 0.29) is 11.3 Å². The van der Waals surface area contributed by atoms with E-state index in [1.54, 1.807) is 6.07 Å². The summed E-state index contributed by atoms with van der Waals surface area (Å²) in [4.78, 5) is 14.0. The number of halogens is 2. The quantitative estimate of drug-likeness (QED) is 0.849. The molecule has 0 saturated heterocycles. The SMILES string of the molecule is COc1c(C#N)cc(C(F)F)nc1C(=O)O. The van der Waals surface area contributed by atoms with Crippen LogP contribution in [0.25, 0.3) is 0 Å². The van der Waals surface area contributed by atoms with Gasteiger partial charge in [0.25, 0.3) is 6.43 Å². The molecule has 0 aliphatic carbocycles. The zero-order valence-corrected chi connectivity index (χ0v) is 8.07. The van der Waals surface area contributed by atoms with Gasteiger partial charge in [0, 0.05) is 0 Å². The fourth-order valence-corrected chi connectivity index (χ4v) is 1.10. The molecule has 7 heteroatoms. The summed E-state index contributed by atoms with van der Waals surface area (Å²) >= 11 is 0. The molecule has 1 aromatic rings. The summed E-state index contributed by atoms with van der Waals surface area (Å²) in [5, 5.41) is 17.4. The van der Waals surface area contributed by atoms with Crippen molar-refractivity contribution in [1.29, 1.82) is 5.26 Å². The molecule has 5 nitrogen and oxygen atoms in total. The van der Waals surface area contributed by atoms with E-state index in [9.17, 15) is 13.6 Å². The smallest absolute Gasteiger partial charge is 0.358 e. The zero-order valence-electron chi connectivity index (χ0n) is 8.07. The van der Waals surface area contributed by atoms with Crippen molar-refractivity contribution in [3.05, 3.63) is 23.0 Å². The molecule has 16 heavy (non-hydrogen) atoms. The zero-order chi connectivity index (χ0) is 12.3. The third kappa shape index (κ3) is 2.06. The van der Waals surface area contributed by atoms with E-state index in [0.29, 0.717) is 0 Å². The Bertz CT molecular complexity index is 469. The van der Waals surface area contributed by atoms with Crippen LogP contribution >= 0.6 is 0 Å². The molecule has 0 aliphatic heterocycles. The summed E-state index contributed by atoms with van der Waals surface area (Å²) in [7, 11) is 1.13. The Hall–Kier alpha value is -2.23. The Kier molecular flexibility index (Phi) is 3.35. The van der Waals surface area contributed by atoms with Crippen LogP contribution in [0.3, 0.4) is 0 Å². The van der Waals surface area contributed by atoms with E-state index in [4.69, 9.17) is 10.4 Å². The second kappa shape index (κ2) is 4.53. The molecule has 0 bridgehead atoms. The molecule has 84 valence electrons. The number of carboxylic acids is 1. The Morgan fingerprint density at radius 1 is 1.69 bits per heavy atom. The van der Waals surface area contributed by atoms with Crippen LogP contribution in [-0.4, -0.2) is 23.2 Å². The first-order valence-corrected chi connectivity index (χ1v) is 4.01. The van der Waals surface area contributed by atoms with Gasteiger partial charge in [-0.15, -0.1) is 0 Å². The molecule has 0 saturated carbocycles. The number of alkyl halides is 2. The van der Waals surface area contributed by atoms with Crippen molar-refractivity contribution in [2.45, 2.75) is 6.43 Å². The number of hydrogen-bond donors (Lipinski definition) is 1. The number of aromatic nitrogens is 1. The van der Waals surface area contributed by atoms with Crippen molar-refractivity contribution in [3.8, 4) is 11.8 Å². The summed E-state index contributed by atoms with van der Waals surface area (Å²) in [6.07, 6.45) is -2.95. The summed E-state index contributed by atoms with van der Waals surface area (Å²) < 4.78 is 29.4. The first-order valence-electron chi connectivity index (χ1n) is 4.01. The molecular weight excluding hydrogens is 222 g/mol. The number of rotatable bonds is 3. The van der Waals surface area contributed by atoms with Gasteiger partial charge in [-0.3, -0.25) is 0 Å². The molecule has 0 radical (unpaired) electrons. The fourth-order valence-electron chi connectivity index (χ4n) is 1.10. The predicted molar refractivity (Wildman–Crippen MR) is 47.4 cm³/mol. The molecule has 1 N–H and O–H groups in total. The van der Waals surface area contributed by atoms with E-state index < -0.39 is 23.8 Å². The van der Waals surface area contributed by atoms with Crippen LogP contribution in [0.15, 0.2) is 6.07 Å². The van der Waals surface area contributed by atoms with Crippen LogP contribution in [0.1, 0.15) is 28.2 Å². The maximum atomic E-state index is 12.4. The van der Waals surface area contributed by atoms with Crippen LogP contribution in [0, 0.1) is 11.3 Å². The van der Waals surface area contributed by atoms with Gasteiger partial charge in [-0.2, -0.15) is 5.26 Å². The first-order chi connectivity index (χ1) is 7.51. The Morgan fingerprint density at radius 3 is 2.69 bits per heavy atom. The molecule has 1 heterocycles. The highest BCUT2D eigenvalue weighted by molar-refractivity contribution is 5.89. The molecule has 0 fully saturated rings. The lowest BCUT2D eigenvalue weighted by molar-refractivity contribution is 0.0684. The van der Waals surface area contributed by atoms with Crippen LogP contribution in [0.4, 0.5) is 8.78 Å². The summed E-state index contributed by atoms with van der Waals surface area (Å²) in [5.74, 6) is -1.85. The number of nitrogens with zero attached hydrogens (tertiary/aromatic N) is 2. The van der Waals surface area contributed by atoms with Gasteiger partial charge >= 0.3 is 5.97 Å². The number of pyridine rings is 1. The number of carboxylic acid groups (broad SMARTS) is 1. The molecule has 0 spiro atoms. The van der Waals surface area contributed by atoms with Crippen molar-refractivity contribution in [1.82, 2.24) is 4.98 Å². The number of aromatic carboxylic acids is 1. The molecule has 0 unspecified atom stereocenters. The maximum Gasteiger partial charge on any atom is 0.358 e. The fraction of sp³-hybridized carbons (Fsp3) is 0.222. The highest BCUT2D eigenvalue weighted by Crippen LogP contribution is 2.26. The summed E-state index contributed by atoms with van der Waals surface area (Å²) in [6.45, 7) is 0. The van der Waals surface area contributed by atoms with E-state index in [1.807, 2.05) is 0 Å². The standard InChI is InChI=1S/C9H6F2N2O3/c1-16-7-4(3-12)2-5(8(10)11)13-6(7)9(14)15/h2,8H,1H3,(H,14,15). The average molecular weight is 228 g/mol. The van der Waals surface area contributed by atoms with Crippen LogP contribution in [-0.2, 0) is 0 Å². The van der Waals surface area contributed by atoms with Gasteiger partial charge in [0.05, 0.1) is 12.7 Å². The number of nitriles is 1. The number of ether oxygens (including phenoxy) is 1. The van der Waals surface area contributed by atoms with Gasteiger partial charge in [-0.25, -0.2) is 18.6 Å². The van der Waals surface area contributed by atoms with E-state index in [1.165, 1.54) is 0 Å². The normalized spacial score (nSPS) is 9.94. The third-order valence-corrected chi connectivity index (χ3v) is 1.74. The number of methoxy groups -OCH3 is 1. The molecule has 1 rings (SSSR count). The van der Waals surface area contributed by atoms with Gasteiger partial charge < -0.3 is 9.84 Å². The van der Waals surface area contributed by atoms with Crippen molar-refractivity contribution in [2.24, 2.45) is 0 Å². The van der Waals surface area contributed by atoms with E-state index in [0.717, 1.165) is 13.2 Å². The molecular formula is C9H6F2N2O3. The maximum absolute atomic E-state index is 12.4. The predicted octanol–water partition coefficient (Wildman–Crippen LogP) is 1.60. The second-order valence-electron chi connectivity index (χ2n) is 2.69. The second-order valence-corrected chi connectivity index (χ2v) is 2.69. The summed E-state index contributed by atoms with van der Waals surface area (Å²) in [5.41, 5.74) is -1.75. The van der Waals surface area contributed by atoms with Crippen molar-refractivity contribution in [3.63, 3.8) is 0 Å². The minimum atomic E-state index is -2.95. The lowest BCUT2D eigenvalue weighted by Gasteiger charge is -2.08. The number of hydrogen-bond acceptors (Lipinski definition) is 4. The van der Waals surface area contributed by atoms with E-state index in [2.05, 4.69) is 9.72 Å². The number of carbonyl (C=O) groups is 1. The van der Waals surface area contributed by atoms with Gasteiger partial charge in [0.1, 0.15) is 11.8 Å². The monoisotopic (exact) mass is 228 g/mol. The van der Waals surface area contributed by atoms with Gasteiger partial charge in [-0.05, 0) is 6.07 Å². The molecule has 1 aromatic heterocycles. The molecule has 0 amide bonds. The molecule has 0 aromatic carbocycles. The van der Waals surface area contributed by atoms with Gasteiger partial charge in [0.15, 0.2) is 11.4 Å². The van der Waals surface area contributed by atoms with Crippen LogP contribution < -0.4 is 4.74 Å². The van der Waals surface area contributed by atoms with Gasteiger partial charge in [0.2, 0.25) is 0 Å². The Labute approximate surface area is 88.9 Å². The summed E-state index contributed by atoms with van der Waals surface area (Å²) in [6, 6.07) is 2.38. The lowest BCUT2D eigenvalue weighted by atomic mass is 10.1. The Morgan fingerprint density at radius 2 is 2.31 bits per heavy atom. The minimum absolute atomic E-state index is 0.287. The largest absolute Gasteiger partial charge is 0.493 e. The highest BCUT2D eigenvalue weighted by atomic mass is 19.3.